The van der Waals surface area contributed by atoms with Crippen LogP contribution in [0.4, 0.5) is 0 Å². The van der Waals surface area contributed by atoms with Crippen LogP contribution < -0.4 is 0 Å². The van der Waals surface area contributed by atoms with Crippen molar-refractivity contribution >= 4 is 10.0 Å². The number of nitrogens with zero attached hydrogens (tertiary/aromatic N) is 3. The van der Waals surface area contributed by atoms with Crippen LogP contribution in [0.2, 0.25) is 0 Å². The molecule has 0 spiro atoms. The van der Waals surface area contributed by atoms with Crippen LogP contribution in [-0.4, -0.2) is 48.8 Å². The number of ether oxygens (including phenoxy) is 1. The molecule has 0 aliphatic carbocycles. The average Bonchev–Trinajstić information content (AvgIpc) is 2.64. The molecule has 1 aliphatic heterocycles. The number of hydrogen-bond acceptors (Lipinski definition) is 6. The monoisotopic (exact) mass is 261 g/mol. The lowest BCUT2D eigenvalue weighted by Gasteiger charge is -2.36. The average molecular weight is 261 g/mol. The minimum Gasteiger partial charge on any atom is -0.363 e. The molecule has 7 nitrogen and oxygen atoms in total. The van der Waals surface area contributed by atoms with E-state index in [-0.39, 0.29) is 6.54 Å². The smallest absolute Gasteiger partial charge is 0.259 e. The summed E-state index contributed by atoms with van der Waals surface area (Å²) in [5.74, 6) is 0.810. The molecule has 2 heterocycles. The number of sulfonamides is 1. The summed E-state index contributed by atoms with van der Waals surface area (Å²) < 4.78 is 35.0. The van der Waals surface area contributed by atoms with Gasteiger partial charge in [0.1, 0.15) is 0 Å². The number of aryl methyl sites for hydroxylation is 1. The van der Waals surface area contributed by atoms with E-state index < -0.39 is 15.6 Å². The van der Waals surface area contributed by atoms with Crippen molar-refractivity contribution in [3.05, 3.63) is 11.7 Å². The van der Waals surface area contributed by atoms with Crippen LogP contribution in [0.5, 0.6) is 0 Å². The van der Waals surface area contributed by atoms with Crippen molar-refractivity contribution in [3.63, 3.8) is 0 Å². The first-order valence-electron chi connectivity index (χ1n) is 5.21. The van der Waals surface area contributed by atoms with Crippen molar-refractivity contribution in [1.82, 2.24) is 14.4 Å². The van der Waals surface area contributed by atoms with Crippen molar-refractivity contribution < 1.29 is 17.7 Å². The fourth-order valence-corrected chi connectivity index (χ4v) is 2.65. The van der Waals surface area contributed by atoms with E-state index in [1.165, 1.54) is 10.6 Å². The summed E-state index contributed by atoms with van der Waals surface area (Å²) >= 11 is 0. The van der Waals surface area contributed by atoms with Gasteiger partial charge < -0.3 is 9.26 Å². The van der Waals surface area contributed by atoms with Gasteiger partial charge in [-0.15, -0.1) is 0 Å². The van der Waals surface area contributed by atoms with Gasteiger partial charge in [-0.05, 0) is 13.8 Å². The third-order valence-corrected chi connectivity index (χ3v) is 3.94. The summed E-state index contributed by atoms with van der Waals surface area (Å²) in [5, 5.41) is 3.69. The molecular weight excluding hydrogens is 246 g/mol. The van der Waals surface area contributed by atoms with E-state index in [0.29, 0.717) is 24.9 Å². The van der Waals surface area contributed by atoms with E-state index in [9.17, 15) is 8.42 Å². The molecule has 0 aromatic carbocycles. The van der Waals surface area contributed by atoms with Crippen LogP contribution in [0, 0.1) is 6.92 Å². The molecule has 1 aromatic heterocycles. The lowest BCUT2D eigenvalue weighted by atomic mass is 10.1. The summed E-state index contributed by atoms with van der Waals surface area (Å²) in [7, 11) is -3.23. The highest BCUT2D eigenvalue weighted by Gasteiger charge is 2.41. The van der Waals surface area contributed by atoms with Crippen molar-refractivity contribution in [3.8, 4) is 0 Å². The van der Waals surface area contributed by atoms with E-state index in [4.69, 9.17) is 9.26 Å². The topological polar surface area (TPSA) is 85.5 Å². The van der Waals surface area contributed by atoms with Crippen LogP contribution in [0.15, 0.2) is 4.52 Å². The highest BCUT2D eigenvalue weighted by atomic mass is 32.2. The van der Waals surface area contributed by atoms with Gasteiger partial charge in [-0.25, -0.2) is 8.42 Å². The fourth-order valence-electron chi connectivity index (χ4n) is 1.76. The van der Waals surface area contributed by atoms with E-state index >= 15 is 0 Å². The minimum absolute atomic E-state index is 0.188. The molecule has 1 saturated heterocycles. The largest absolute Gasteiger partial charge is 0.363 e. The zero-order valence-corrected chi connectivity index (χ0v) is 10.8. The molecule has 0 unspecified atom stereocenters. The molecule has 1 aromatic rings. The Hall–Kier alpha value is -0.990. The van der Waals surface area contributed by atoms with E-state index in [2.05, 4.69) is 10.1 Å². The van der Waals surface area contributed by atoms with Gasteiger partial charge in [0.15, 0.2) is 11.4 Å². The number of aromatic nitrogens is 2. The maximum Gasteiger partial charge on any atom is 0.259 e. The quantitative estimate of drug-likeness (QED) is 0.738. The first kappa shape index (κ1) is 12.5. The Morgan fingerprint density at radius 2 is 2.18 bits per heavy atom. The van der Waals surface area contributed by atoms with Crippen molar-refractivity contribution in [2.75, 3.05) is 26.0 Å². The summed E-state index contributed by atoms with van der Waals surface area (Å²) in [5.41, 5.74) is -0.872. The summed E-state index contributed by atoms with van der Waals surface area (Å²) in [6, 6.07) is 0. The predicted molar refractivity (Wildman–Crippen MR) is 58.8 cm³/mol. The van der Waals surface area contributed by atoms with Crippen LogP contribution in [0.3, 0.4) is 0 Å². The summed E-state index contributed by atoms with van der Waals surface area (Å²) in [6.07, 6.45) is 1.18. The first-order valence-corrected chi connectivity index (χ1v) is 7.06. The molecule has 0 saturated carbocycles. The molecule has 0 N–H and O–H groups in total. The lowest BCUT2D eigenvalue weighted by molar-refractivity contribution is -0.0993. The highest BCUT2D eigenvalue weighted by Crippen LogP contribution is 2.28. The normalized spacial score (nSPS) is 27.2. The number of morpholine rings is 1. The Morgan fingerprint density at radius 1 is 1.47 bits per heavy atom. The van der Waals surface area contributed by atoms with Gasteiger partial charge in [-0.3, -0.25) is 0 Å². The van der Waals surface area contributed by atoms with E-state index in [0.717, 1.165) is 0 Å². The molecule has 8 heteroatoms. The van der Waals surface area contributed by atoms with Crippen LogP contribution in [0.1, 0.15) is 18.6 Å². The molecule has 1 aliphatic rings. The molecule has 2 rings (SSSR count). The SMILES string of the molecule is Cc1noc([C@@]2(C)CN(S(C)(=O)=O)CCO2)n1. The van der Waals surface area contributed by atoms with E-state index in [1.807, 2.05) is 0 Å². The van der Waals surface area contributed by atoms with Gasteiger partial charge in [-0.1, -0.05) is 5.16 Å². The highest BCUT2D eigenvalue weighted by molar-refractivity contribution is 7.88. The zero-order chi connectivity index (χ0) is 12.7. The molecule has 0 amide bonds. The fraction of sp³-hybridized carbons (Fsp3) is 0.778. The summed E-state index contributed by atoms with van der Waals surface area (Å²) in [4.78, 5) is 4.10. The Labute approximate surface area is 99.8 Å². The van der Waals surface area contributed by atoms with E-state index in [1.54, 1.807) is 13.8 Å². The second-order valence-corrected chi connectivity index (χ2v) is 6.31. The van der Waals surface area contributed by atoms with Crippen LogP contribution in [0.25, 0.3) is 0 Å². The maximum atomic E-state index is 11.5. The van der Waals surface area contributed by atoms with Gasteiger partial charge in [0.2, 0.25) is 10.0 Å². The predicted octanol–water partition coefficient (Wildman–Crippen LogP) is -0.115. The van der Waals surface area contributed by atoms with Crippen molar-refractivity contribution in [2.45, 2.75) is 19.4 Å². The van der Waals surface area contributed by atoms with Gasteiger partial charge in [0.25, 0.3) is 5.89 Å². The van der Waals surface area contributed by atoms with Crippen molar-refractivity contribution in [2.24, 2.45) is 0 Å². The minimum atomic E-state index is -3.23. The molecule has 96 valence electrons. The molecule has 1 fully saturated rings. The van der Waals surface area contributed by atoms with Gasteiger partial charge >= 0.3 is 0 Å². The Morgan fingerprint density at radius 3 is 2.71 bits per heavy atom. The standard InChI is InChI=1S/C9H15N3O4S/c1-7-10-8(16-11-7)9(2)6-12(4-5-15-9)17(3,13)14/h4-6H2,1-3H3/t9-/m1/s1. The number of rotatable bonds is 2. The third kappa shape index (κ3) is 2.48. The van der Waals surface area contributed by atoms with Gasteiger partial charge in [-0.2, -0.15) is 9.29 Å². The molecule has 17 heavy (non-hydrogen) atoms. The summed E-state index contributed by atoms with van der Waals surface area (Å²) in [6.45, 7) is 4.30. The molecule has 0 bridgehead atoms. The molecular formula is C9H15N3O4S. The Balaban J connectivity index is 2.27. The molecule has 0 radical (unpaired) electrons. The van der Waals surface area contributed by atoms with Gasteiger partial charge in [0, 0.05) is 6.54 Å². The van der Waals surface area contributed by atoms with Crippen molar-refractivity contribution in [1.29, 1.82) is 0 Å². The molecule has 1 atom stereocenters. The van der Waals surface area contributed by atoms with Crippen LogP contribution in [-0.2, 0) is 20.4 Å². The third-order valence-electron chi connectivity index (χ3n) is 2.69. The van der Waals surface area contributed by atoms with Gasteiger partial charge in [0.05, 0.1) is 19.4 Å². The first-order chi connectivity index (χ1) is 7.81. The lowest BCUT2D eigenvalue weighted by Crippen LogP contribution is -2.50. The second-order valence-electron chi connectivity index (χ2n) is 4.32. The maximum absolute atomic E-state index is 11.5. The second kappa shape index (κ2) is 4.04. The zero-order valence-electron chi connectivity index (χ0n) is 10.0. The Kier molecular flexibility index (Phi) is 2.96. The number of hydrogen-bond donors (Lipinski definition) is 0. The van der Waals surface area contributed by atoms with Crippen LogP contribution >= 0.6 is 0 Å². The Bertz CT molecular complexity index is 512.